The van der Waals surface area contributed by atoms with Crippen LogP contribution in [-0.2, 0) is 24.2 Å². The molecule has 5 rings (SSSR count). The maximum Gasteiger partial charge on any atom is 0.262 e. The Morgan fingerprint density at radius 1 is 0.906 bits per heavy atom. The Balaban J connectivity index is 1.51. The van der Waals surface area contributed by atoms with Gasteiger partial charge in [0.1, 0.15) is 0 Å². The maximum atomic E-state index is 13.6. The average molecular weight is 442 g/mol. The minimum Gasteiger partial charge on any atom is -0.287 e. The van der Waals surface area contributed by atoms with E-state index in [9.17, 15) is 9.59 Å². The highest BCUT2D eigenvalue weighted by molar-refractivity contribution is 7.99. The molecule has 0 atom stereocenters. The molecule has 0 saturated carbocycles. The first-order chi connectivity index (χ1) is 15.7. The molecule has 0 fully saturated rings. The quantitative estimate of drug-likeness (QED) is 0.331. The molecule has 0 radical (unpaired) electrons. The van der Waals surface area contributed by atoms with Crippen molar-refractivity contribution >= 4 is 39.9 Å². The minimum absolute atomic E-state index is 0.0261. The molecular formula is C26H23N3O2S. The van der Waals surface area contributed by atoms with Crippen molar-refractivity contribution in [1.29, 1.82) is 0 Å². The van der Waals surface area contributed by atoms with E-state index in [2.05, 4.69) is 17.1 Å². The predicted molar refractivity (Wildman–Crippen MR) is 130 cm³/mol. The van der Waals surface area contributed by atoms with Crippen LogP contribution in [-0.4, -0.2) is 21.2 Å². The summed E-state index contributed by atoms with van der Waals surface area (Å²) in [4.78, 5) is 33.0. The third kappa shape index (κ3) is 3.60. The molecule has 1 aliphatic rings. The smallest absolute Gasteiger partial charge is 0.262 e. The SMILES string of the molecule is CCn1c(SCC(=O)N2c3ccccc3CCc3ccccc32)nc2ccccc2c1=O. The summed E-state index contributed by atoms with van der Waals surface area (Å²) in [6.45, 7) is 2.42. The second-order valence-corrected chi connectivity index (χ2v) is 8.68. The van der Waals surface area contributed by atoms with E-state index in [0.717, 1.165) is 35.3 Å². The molecule has 0 bridgehead atoms. The molecule has 6 heteroatoms. The fraction of sp³-hybridized carbons (Fsp3) is 0.192. The van der Waals surface area contributed by atoms with Gasteiger partial charge in [0.05, 0.1) is 28.0 Å². The number of fused-ring (bicyclic) bond motifs is 3. The normalized spacial score (nSPS) is 12.8. The zero-order valence-electron chi connectivity index (χ0n) is 17.8. The number of para-hydroxylation sites is 3. The lowest BCUT2D eigenvalue weighted by Gasteiger charge is -2.25. The Morgan fingerprint density at radius 2 is 1.50 bits per heavy atom. The molecule has 0 unspecified atom stereocenters. The summed E-state index contributed by atoms with van der Waals surface area (Å²) in [5.41, 5.74) is 4.78. The molecule has 3 aromatic carbocycles. The molecule has 1 amide bonds. The molecule has 0 spiro atoms. The highest BCUT2D eigenvalue weighted by atomic mass is 32.2. The number of hydrogen-bond donors (Lipinski definition) is 0. The van der Waals surface area contributed by atoms with Crippen LogP contribution in [0, 0.1) is 0 Å². The average Bonchev–Trinajstić information content (AvgIpc) is 3.00. The van der Waals surface area contributed by atoms with Crippen molar-refractivity contribution in [3.05, 3.63) is 94.3 Å². The first-order valence-electron chi connectivity index (χ1n) is 10.8. The molecule has 0 aliphatic carbocycles. The van der Waals surface area contributed by atoms with Crippen LogP contribution in [0.25, 0.3) is 10.9 Å². The minimum atomic E-state index is -0.0708. The van der Waals surface area contributed by atoms with E-state index >= 15 is 0 Å². The van der Waals surface area contributed by atoms with Crippen molar-refractivity contribution in [2.24, 2.45) is 0 Å². The third-order valence-corrected chi connectivity index (χ3v) is 6.81. The topological polar surface area (TPSA) is 55.2 Å². The van der Waals surface area contributed by atoms with Gasteiger partial charge in [0.25, 0.3) is 5.56 Å². The number of thioether (sulfide) groups is 1. The van der Waals surface area contributed by atoms with Gasteiger partial charge in [-0.2, -0.15) is 0 Å². The monoisotopic (exact) mass is 441 g/mol. The Morgan fingerprint density at radius 3 is 2.16 bits per heavy atom. The molecule has 0 N–H and O–H groups in total. The number of hydrogen-bond acceptors (Lipinski definition) is 4. The van der Waals surface area contributed by atoms with E-state index in [0.29, 0.717) is 22.6 Å². The van der Waals surface area contributed by atoms with Gasteiger partial charge in [-0.25, -0.2) is 4.98 Å². The van der Waals surface area contributed by atoms with Gasteiger partial charge < -0.3 is 0 Å². The van der Waals surface area contributed by atoms with Gasteiger partial charge in [-0.3, -0.25) is 19.1 Å². The summed E-state index contributed by atoms with van der Waals surface area (Å²) in [5, 5.41) is 1.17. The van der Waals surface area contributed by atoms with Crippen molar-refractivity contribution in [2.45, 2.75) is 31.5 Å². The summed E-state index contributed by atoms with van der Waals surface area (Å²) in [5.74, 6) is 0.162. The van der Waals surface area contributed by atoms with E-state index in [-0.39, 0.29) is 17.2 Å². The number of aromatic nitrogens is 2. The van der Waals surface area contributed by atoms with Crippen LogP contribution >= 0.6 is 11.8 Å². The Kier molecular flexibility index (Phi) is 5.53. The van der Waals surface area contributed by atoms with Crippen LogP contribution in [0.4, 0.5) is 11.4 Å². The Hall–Kier alpha value is -3.38. The third-order valence-electron chi connectivity index (χ3n) is 5.85. The zero-order valence-corrected chi connectivity index (χ0v) is 18.6. The van der Waals surface area contributed by atoms with Crippen LogP contribution in [0.3, 0.4) is 0 Å². The number of nitrogens with zero attached hydrogens (tertiary/aromatic N) is 3. The van der Waals surface area contributed by atoms with Gasteiger partial charge in [0.2, 0.25) is 5.91 Å². The standard InChI is InChI=1S/C26H23N3O2S/c1-2-28-25(31)20-11-5-6-12-21(20)27-26(28)32-17-24(30)29-22-13-7-3-9-18(22)15-16-19-10-4-8-14-23(19)29/h3-14H,2,15-17H2,1H3. The maximum absolute atomic E-state index is 13.6. The van der Waals surface area contributed by atoms with E-state index in [1.165, 1.54) is 11.8 Å². The zero-order chi connectivity index (χ0) is 22.1. The number of carbonyl (C=O) groups excluding carboxylic acids is 1. The molecule has 0 saturated heterocycles. The first-order valence-corrected chi connectivity index (χ1v) is 11.8. The second kappa shape index (κ2) is 8.63. The lowest BCUT2D eigenvalue weighted by molar-refractivity contribution is -0.115. The molecule has 5 nitrogen and oxygen atoms in total. The molecule has 1 aromatic heterocycles. The van der Waals surface area contributed by atoms with Crippen molar-refractivity contribution < 1.29 is 4.79 Å². The van der Waals surface area contributed by atoms with E-state index in [1.807, 2.05) is 66.4 Å². The lowest BCUT2D eigenvalue weighted by atomic mass is 10.0. The molecule has 32 heavy (non-hydrogen) atoms. The highest BCUT2D eigenvalue weighted by Gasteiger charge is 2.26. The number of benzene rings is 3. The van der Waals surface area contributed by atoms with Crippen LogP contribution < -0.4 is 10.5 Å². The summed E-state index contributed by atoms with van der Waals surface area (Å²) < 4.78 is 1.64. The number of carbonyl (C=O) groups is 1. The summed E-state index contributed by atoms with van der Waals surface area (Å²) in [6, 6.07) is 23.5. The van der Waals surface area contributed by atoms with Gasteiger partial charge in [-0.15, -0.1) is 0 Å². The van der Waals surface area contributed by atoms with Gasteiger partial charge >= 0.3 is 0 Å². The van der Waals surface area contributed by atoms with Crippen molar-refractivity contribution in [2.75, 3.05) is 10.7 Å². The van der Waals surface area contributed by atoms with Gasteiger partial charge in [-0.1, -0.05) is 60.3 Å². The van der Waals surface area contributed by atoms with Gasteiger partial charge in [-0.05, 0) is 55.2 Å². The Labute approximate surface area is 190 Å². The van der Waals surface area contributed by atoms with Crippen LogP contribution in [0.5, 0.6) is 0 Å². The highest BCUT2D eigenvalue weighted by Crippen LogP contribution is 2.36. The molecule has 4 aromatic rings. The van der Waals surface area contributed by atoms with Crippen molar-refractivity contribution in [3.8, 4) is 0 Å². The summed E-state index contributed by atoms with van der Waals surface area (Å²) >= 11 is 1.32. The molecular weight excluding hydrogens is 418 g/mol. The first kappa shape index (κ1) is 20.5. The summed E-state index contributed by atoms with van der Waals surface area (Å²) in [6.07, 6.45) is 1.79. The largest absolute Gasteiger partial charge is 0.287 e. The Bertz CT molecular complexity index is 1330. The van der Waals surface area contributed by atoms with Crippen molar-refractivity contribution in [1.82, 2.24) is 9.55 Å². The fourth-order valence-electron chi connectivity index (χ4n) is 4.28. The number of anilines is 2. The molecule has 160 valence electrons. The molecule has 2 heterocycles. The van der Waals surface area contributed by atoms with Crippen LogP contribution in [0.1, 0.15) is 18.1 Å². The van der Waals surface area contributed by atoms with E-state index in [1.54, 1.807) is 10.6 Å². The van der Waals surface area contributed by atoms with Gasteiger partial charge in [0.15, 0.2) is 5.16 Å². The number of rotatable bonds is 4. The second-order valence-electron chi connectivity index (χ2n) is 7.74. The summed E-state index contributed by atoms with van der Waals surface area (Å²) in [7, 11) is 0. The van der Waals surface area contributed by atoms with Crippen LogP contribution in [0.2, 0.25) is 0 Å². The van der Waals surface area contributed by atoms with Gasteiger partial charge in [0, 0.05) is 6.54 Å². The van der Waals surface area contributed by atoms with Crippen LogP contribution in [0.15, 0.2) is 82.7 Å². The molecule has 1 aliphatic heterocycles. The predicted octanol–water partition coefficient (Wildman–Crippen LogP) is 4.97. The lowest BCUT2D eigenvalue weighted by Crippen LogP contribution is -2.29. The number of amides is 1. The van der Waals surface area contributed by atoms with E-state index in [4.69, 9.17) is 0 Å². The number of aryl methyl sites for hydroxylation is 2. The van der Waals surface area contributed by atoms with E-state index < -0.39 is 0 Å². The van der Waals surface area contributed by atoms with Crippen molar-refractivity contribution in [3.63, 3.8) is 0 Å². The fourth-order valence-corrected chi connectivity index (χ4v) is 5.19.